The van der Waals surface area contributed by atoms with E-state index < -0.39 is 0 Å². The topological polar surface area (TPSA) is 58.7 Å². The highest BCUT2D eigenvalue weighted by Gasteiger charge is 2.25. The summed E-state index contributed by atoms with van der Waals surface area (Å²) in [7, 11) is 1.58. The van der Waals surface area contributed by atoms with E-state index in [4.69, 9.17) is 9.26 Å². The van der Waals surface area contributed by atoms with Gasteiger partial charge >= 0.3 is 0 Å². The fraction of sp³-hybridized carbons (Fsp3) is 0.500. The minimum absolute atomic E-state index is 0.177. The van der Waals surface area contributed by atoms with E-state index in [2.05, 4.69) is 10.1 Å². The average molecular weight is 316 g/mol. The molecule has 124 valence electrons. The quantitative estimate of drug-likeness (QED) is 0.929. The molecule has 3 rings (SSSR count). The Labute approximate surface area is 136 Å². The highest BCUT2D eigenvalue weighted by molar-refractivity contribution is 5.41. The van der Waals surface area contributed by atoms with Crippen LogP contribution in [-0.2, 0) is 6.54 Å². The van der Waals surface area contributed by atoms with Crippen molar-refractivity contribution in [1.82, 2.24) is 10.1 Å². The van der Waals surface area contributed by atoms with Crippen LogP contribution in [0, 0.1) is 6.92 Å². The molecule has 0 saturated carbocycles. The lowest BCUT2D eigenvalue weighted by molar-refractivity contribution is 0.183. The number of aromatic hydroxyl groups is 1. The second kappa shape index (κ2) is 7.04. The fourth-order valence-electron chi connectivity index (χ4n) is 3.29. The van der Waals surface area contributed by atoms with Crippen LogP contribution in [0.4, 0.5) is 0 Å². The molecule has 0 radical (unpaired) electrons. The molecule has 1 saturated heterocycles. The summed E-state index contributed by atoms with van der Waals surface area (Å²) in [5.74, 6) is 1.55. The second-order valence-electron chi connectivity index (χ2n) is 6.20. The minimum Gasteiger partial charge on any atom is -0.504 e. The third-order valence-electron chi connectivity index (χ3n) is 4.48. The summed E-state index contributed by atoms with van der Waals surface area (Å²) >= 11 is 0. The molecular weight excluding hydrogens is 292 g/mol. The summed E-state index contributed by atoms with van der Waals surface area (Å²) in [6, 6.07) is 7.88. The number of phenols is 1. The number of benzene rings is 1. The maximum atomic E-state index is 9.76. The van der Waals surface area contributed by atoms with Crippen LogP contribution in [0.15, 0.2) is 28.8 Å². The van der Waals surface area contributed by atoms with Crippen LogP contribution >= 0.6 is 0 Å². The Hall–Kier alpha value is -2.01. The molecule has 0 aliphatic carbocycles. The first-order chi connectivity index (χ1) is 11.2. The first-order valence-corrected chi connectivity index (χ1v) is 8.20. The summed E-state index contributed by atoms with van der Waals surface area (Å²) < 4.78 is 10.5. The maximum Gasteiger partial charge on any atom is 0.160 e. The maximum absolute atomic E-state index is 9.76. The van der Waals surface area contributed by atoms with Gasteiger partial charge in [0.15, 0.2) is 11.5 Å². The van der Waals surface area contributed by atoms with Gasteiger partial charge in [0, 0.05) is 12.6 Å². The number of likely N-dealkylation sites (tertiary alicyclic amines) is 1. The molecule has 1 fully saturated rings. The van der Waals surface area contributed by atoms with Crippen molar-refractivity contribution in [3.05, 3.63) is 41.3 Å². The van der Waals surface area contributed by atoms with Crippen LogP contribution in [0.1, 0.15) is 48.7 Å². The van der Waals surface area contributed by atoms with Crippen molar-refractivity contribution in [3.63, 3.8) is 0 Å². The predicted molar refractivity (Wildman–Crippen MR) is 87.5 cm³/mol. The molecule has 1 aromatic heterocycles. The van der Waals surface area contributed by atoms with Gasteiger partial charge in [0.25, 0.3) is 0 Å². The fourth-order valence-corrected chi connectivity index (χ4v) is 3.29. The number of ether oxygens (including phenoxy) is 1. The monoisotopic (exact) mass is 316 g/mol. The van der Waals surface area contributed by atoms with E-state index in [1.54, 1.807) is 13.2 Å². The van der Waals surface area contributed by atoms with Crippen molar-refractivity contribution in [2.45, 2.75) is 45.2 Å². The summed E-state index contributed by atoms with van der Waals surface area (Å²) in [4.78, 5) is 2.45. The molecule has 2 aromatic rings. The zero-order chi connectivity index (χ0) is 16.2. The third-order valence-corrected chi connectivity index (χ3v) is 4.48. The van der Waals surface area contributed by atoms with Crippen molar-refractivity contribution in [1.29, 1.82) is 0 Å². The molecule has 0 amide bonds. The predicted octanol–water partition coefficient (Wildman–Crippen LogP) is 3.81. The van der Waals surface area contributed by atoms with Gasteiger partial charge in [-0.05, 0) is 44.0 Å². The molecule has 5 heteroatoms. The lowest BCUT2D eigenvalue weighted by Gasteiger charge is -2.28. The van der Waals surface area contributed by atoms with Gasteiger partial charge in [-0.3, -0.25) is 4.90 Å². The zero-order valence-corrected chi connectivity index (χ0v) is 13.8. The summed E-state index contributed by atoms with van der Waals surface area (Å²) in [6.45, 7) is 3.79. The molecule has 5 nitrogen and oxygen atoms in total. The highest BCUT2D eigenvalue weighted by atomic mass is 16.5. The smallest absolute Gasteiger partial charge is 0.160 e. The van der Waals surface area contributed by atoms with Crippen LogP contribution in [0.2, 0.25) is 0 Å². The lowest BCUT2D eigenvalue weighted by atomic mass is 10.1. The minimum atomic E-state index is 0.177. The number of nitrogens with zero attached hydrogens (tertiary/aromatic N) is 2. The number of aryl methyl sites for hydroxylation is 1. The van der Waals surface area contributed by atoms with E-state index >= 15 is 0 Å². The summed E-state index contributed by atoms with van der Waals surface area (Å²) in [5.41, 5.74) is 2.15. The van der Waals surface area contributed by atoms with Gasteiger partial charge in [0.2, 0.25) is 0 Å². The normalized spacial score (nSPS) is 19.5. The van der Waals surface area contributed by atoms with E-state index in [0.29, 0.717) is 5.75 Å². The van der Waals surface area contributed by atoms with Gasteiger partial charge in [0.05, 0.1) is 13.2 Å². The molecular formula is C18H24N2O3. The van der Waals surface area contributed by atoms with E-state index in [9.17, 15) is 5.11 Å². The van der Waals surface area contributed by atoms with Crippen molar-refractivity contribution < 1.29 is 14.4 Å². The summed E-state index contributed by atoms with van der Waals surface area (Å²) in [6.07, 6.45) is 4.76. The van der Waals surface area contributed by atoms with Gasteiger partial charge in [-0.25, -0.2) is 0 Å². The summed E-state index contributed by atoms with van der Waals surface area (Å²) in [5, 5.41) is 14.0. The Morgan fingerprint density at radius 1 is 1.30 bits per heavy atom. The Bertz CT molecular complexity index is 653. The Kier molecular flexibility index (Phi) is 4.86. The van der Waals surface area contributed by atoms with Crippen LogP contribution < -0.4 is 4.74 Å². The number of methoxy groups -OCH3 is 1. The van der Waals surface area contributed by atoms with Gasteiger partial charge in [-0.15, -0.1) is 0 Å². The molecule has 1 atom stereocenters. The Balaban J connectivity index is 1.82. The number of phenolic OH excluding ortho intramolecular Hbond substituents is 1. The largest absolute Gasteiger partial charge is 0.504 e. The first kappa shape index (κ1) is 15.9. The molecule has 0 unspecified atom stereocenters. The van der Waals surface area contributed by atoms with Crippen LogP contribution in [0.5, 0.6) is 11.5 Å². The van der Waals surface area contributed by atoms with E-state index in [1.807, 2.05) is 25.1 Å². The third kappa shape index (κ3) is 3.67. The molecule has 1 aliphatic rings. The number of hydrogen-bond donors (Lipinski definition) is 1. The van der Waals surface area contributed by atoms with Crippen LogP contribution in [0.25, 0.3) is 0 Å². The van der Waals surface area contributed by atoms with Gasteiger partial charge in [-0.2, -0.15) is 0 Å². The zero-order valence-electron chi connectivity index (χ0n) is 13.8. The number of aromatic nitrogens is 1. The standard InChI is InChI=1S/C18H24N2O3/c1-13-10-15(19-23-13)16-6-4-3-5-9-20(16)12-14-7-8-17(21)18(11-14)22-2/h7-8,10-11,16,21H,3-6,9,12H2,1-2H3/t16-/m1/s1. The average Bonchev–Trinajstić information content (AvgIpc) is 2.84. The van der Waals surface area contributed by atoms with E-state index in [0.717, 1.165) is 36.5 Å². The van der Waals surface area contributed by atoms with Gasteiger partial charge < -0.3 is 14.4 Å². The van der Waals surface area contributed by atoms with Crippen molar-refractivity contribution in [3.8, 4) is 11.5 Å². The van der Waals surface area contributed by atoms with Crippen molar-refractivity contribution in [2.24, 2.45) is 0 Å². The van der Waals surface area contributed by atoms with E-state index in [1.165, 1.54) is 19.3 Å². The first-order valence-electron chi connectivity index (χ1n) is 8.20. The molecule has 1 N–H and O–H groups in total. The number of rotatable bonds is 4. The van der Waals surface area contributed by atoms with Crippen molar-refractivity contribution >= 4 is 0 Å². The molecule has 1 aliphatic heterocycles. The van der Waals surface area contributed by atoms with Crippen LogP contribution in [0.3, 0.4) is 0 Å². The Morgan fingerprint density at radius 3 is 2.91 bits per heavy atom. The number of hydrogen-bond acceptors (Lipinski definition) is 5. The highest BCUT2D eigenvalue weighted by Crippen LogP contribution is 2.33. The molecule has 2 heterocycles. The Morgan fingerprint density at radius 2 is 2.17 bits per heavy atom. The van der Waals surface area contributed by atoms with E-state index in [-0.39, 0.29) is 11.8 Å². The second-order valence-corrected chi connectivity index (χ2v) is 6.20. The SMILES string of the molecule is COc1cc(CN2CCCCC[C@@H]2c2cc(C)on2)ccc1O. The van der Waals surface area contributed by atoms with Gasteiger partial charge in [-0.1, -0.05) is 24.1 Å². The van der Waals surface area contributed by atoms with Crippen LogP contribution in [-0.4, -0.2) is 28.8 Å². The molecule has 1 aromatic carbocycles. The molecule has 0 bridgehead atoms. The molecule has 0 spiro atoms. The van der Waals surface area contributed by atoms with Gasteiger partial charge in [0.1, 0.15) is 11.5 Å². The lowest BCUT2D eigenvalue weighted by Crippen LogP contribution is -2.28. The van der Waals surface area contributed by atoms with Crippen molar-refractivity contribution in [2.75, 3.05) is 13.7 Å². The molecule has 23 heavy (non-hydrogen) atoms.